The predicted octanol–water partition coefficient (Wildman–Crippen LogP) is 13.3. The zero-order valence-corrected chi connectivity index (χ0v) is 29.9. The standard InChI is InChI=1S/C48H59N/c1-6-11-12-13-25-45(39-21-14-20-37(17-7-2)27-28-38(18-8-3)29-30-39)40-31-34-44(35-32-40)49(43(10-5)19-9-4)47-36-33-42-23-15-22-41-24-16-26-46(47)48(41)42/h6-10,13-14,16,19-21,25-26,29-31,33-34,36-38,41-42,45,48H,1-5,11-12,15,17-18,22-24,27-28,32,35H2/b20-14+,25-13+,30-29+,39-21+,43-19+. The Hall–Kier alpha value is -4.10. The van der Waals surface area contributed by atoms with Crippen molar-refractivity contribution < 1.29 is 0 Å². The highest BCUT2D eigenvalue weighted by Crippen LogP contribution is 2.49. The van der Waals surface area contributed by atoms with Crippen LogP contribution in [0.25, 0.3) is 0 Å². The Bertz CT molecular complexity index is 1540. The minimum absolute atomic E-state index is 0.211. The lowest BCUT2D eigenvalue weighted by molar-refractivity contribution is 0.210. The molecule has 0 aromatic carbocycles. The van der Waals surface area contributed by atoms with Gasteiger partial charge < -0.3 is 4.90 Å². The van der Waals surface area contributed by atoms with Crippen LogP contribution in [0.1, 0.15) is 77.0 Å². The molecule has 0 bridgehead atoms. The normalized spacial score (nSPS) is 29.8. The molecule has 1 saturated carbocycles. The summed E-state index contributed by atoms with van der Waals surface area (Å²) < 4.78 is 0. The molecule has 6 unspecified atom stereocenters. The summed E-state index contributed by atoms with van der Waals surface area (Å²) in [4.78, 5) is 2.48. The van der Waals surface area contributed by atoms with Gasteiger partial charge >= 0.3 is 0 Å². The quantitative estimate of drug-likeness (QED) is 0.0969. The van der Waals surface area contributed by atoms with Gasteiger partial charge in [0.2, 0.25) is 0 Å². The van der Waals surface area contributed by atoms with E-state index in [4.69, 9.17) is 0 Å². The second-order valence-electron chi connectivity index (χ2n) is 14.3. The fourth-order valence-corrected chi connectivity index (χ4v) is 8.61. The predicted molar refractivity (Wildman–Crippen MR) is 214 cm³/mol. The molecule has 0 radical (unpaired) electrons. The molecule has 0 spiro atoms. The maximum Gasteiger partial charge on any atom is 0.0490 e. The summed E-state index contributed by atoms with van der Waals surface area (Å²) in [6, 6.07) is 0. The SMILES string of the molecule is C=C/C=C(\C=C)N(C1=CC=C(C(/C=C/CCC=C)C2=C/C=C/C(CC=C)CCC(CC=C)\C=C\2)CC1)C1=C2C=CCC3CCCC(C=C1)C23. The molecule has 0 aromatic rings. The lowest BCUT2D eigenvalue weighted by atomic mass is 9.63. The van der Waals surface area contributed by atoms with Crippen LogP contribution in [0.2, 0.25) is 0 Å². The molecule has 0 N–H and O–H groups in total. The van der Waals surface area contributed by atoms with Crippen LogP contribution in [-0.2, 0) is 0 Å². The first-order chi connectivity index (χ1) is 24.1. The second kappa shape index (κ2) is 18.6. The van der Waals surface area contributed by atoms with Gasteiger partial charge in [0.1, 0.15) is 0 Å². The second-order valence-corrected chi connectivity index (χ2v) is 14.3. The fourth-order valence-electron chi connectivity index (χ4n) is 8.61. The number of allylic oxidation sites excluding steroid dienone is 23. The minimum Gasteiger partial charge on any atom is -0.314 e. The molecular formula is C48H59N. The molecule has 1 heteroatoms. The van der Waals surface area contributed by atoms with Gasteiger partial charge in [0, 0.05) is 23.0 Å². The molecule has 1 nitrogen and oxygen atoms in total. The van der Waals surface area contributed by atoms with Gasteiger partial charge in [0.25, 0.3) is 0 Å². The van der Waals surface area contributed by atoms with Gasteiger partial charge in [-0.05, 0) is 136 Å². The van der Waals surface area contributed by atoms with Crippen molar-refractivity contribution in [2.75, 3.05) is 0 Å². The van der Waals surface area contributed by atoms with Crippen LogP contribution in [0, 0.1) is 35.5 Å². The molecule has 49 heavy (non-hydrogen) atoms. The van der Waals surface area contributed by atoms with E-state index in [2.05, 4.69) is 135 Å². The fraction of sp³-hybridized carbons (Fsp3) is 0.375. The summed E-state index contributed by atoms with van der Waals surface area (Å²) in [6.07, 6.45) is 56.9. The smallest absolute Gasteiger partial charge is 0.0490 e. The molecule has 0 aromatic heterocycles. The third-order valence-electron chi connectivity index (χ3n) is 11.1. The number of unbranched alkanes of at least 4 members (excludes halogenated alkanes) is 1. The number of rotatable bonds is 15. The summed E-state index contributed by atoms with van der Waals surface area (Å²) in [5, 5.41) is 0. The van der Waals surface area contributed by atoms with Crippen LogP contribution in [0.15, 0.2) is 182 Å². The number of hydrogen-bond donors (Lipinski definition) is 0. The van der Waals surface area contributed by atoms with E-state index < -0.39 is 0 Å². The first-order valence-corrected chi connectivity index (χ1v) is 18.9. The summed E-state index contributed by atoms with van der Waals surface area (Å²) in [6.45, 7) is 20.4. The van der Waals surface area contributed by atoms with Crippen molar-refractivity contribution in [3.05, 3.63) is 182 Å². The van der Waals surface area contributed by atoms with Crippen LogP contribution >= 0.6 is 0 Å². The molecule has 5 aliphatic rings. The number of nitrogens with zero attached hydrogens (tertiary/aromatic N) is 1. The maximum atomic E-state index is 4.26. The van der Waals surface area contributed by atoms with E-state index >= 15 is 0 Å². The van der Waals surface area contributed by atoms with E-state index in [9.17, 15) is 0 Å². The summed E-state index contributed by atoms with van der Waals surface area (Å²) in [5.41, 5.74) is 8.02. The van der Waals surface area contributed by atoms with Crippen LogP contribution < -0.4 is 0 Å². The van der Waals surface area contributed by atoms with E-state index in [1.54, 1.807) is 0 Å². The lowest BCUT2D eigenvalue weighted by Crippen LogP contribution is -2.35. The van der Waals surface area contributed by atoms with Crippen LogP contribution in [-0.4, -0.2) is 4.90 Å². The highest BCUT2D eigenvalue weighted by Gasteiger charge is 2.39. The van der Waals surface area contributed by atoms with Gasteiger partial charge in [-0.3, -0.25) is 0 Å². The van der Waals surface area contributed by atoms with Crippen LogP contribution in [0.3, 0.4) is 0 Å². The molecule has 0 aliphatic heterocycles. The molecule has 1 fully saturated rings. The van der Waals surface area contributed by atoms with Crippen molar-refractivity contribution in [1.29, 1.82) is 0 Å². The van der Waals surface area contributed by atoms with Crippen LogP contribution in [0.4, 0.5) is 0 Å². The Balaban J connectivity index is 1.55. The highest BCUT2D eigenvalue weighted by atomic mass is 15.2. The molecule has 5 aliphatic carbocycles. The van der Waals surface area contributed by atoms with E-state index in [0.29, 0.717) is 23.7 Å². The third kappa shape index (κ3) is 9.13. The van der Waals surface area contributed by atoms with E-state index in [0.717, 1.165) is 56.6 Å². The minimum atomic E-state index is 0.211. The lowest BCUT2D eigenvalue weighted by Gasteiger charge is -2.44. The zero-order chi connectivity index (χ0) is 34.4. The van der Waals surface area contributed by atoms with Crippen LogP contribution in [0.5, 0.6) is 0 Å². The Labute approximate surface area is 298 Å². The maximum absolute atomic E-state index is 4.26. The average Bonchev–Trinajstić information content (AvgIpc) is 3.13. The first-order valence-electron chi connectivity index (χ1n) is 18.9. The molecule has 0 heterocycles. The van der Waals surface area contributed by atoms with E-state index in [1.165, 1.54) is 60.2 Å². The van der Waals surface area contributed by atoms with Gasteiger partial charge in [-0.15, -0.1) is 19.7 Å². The largest absolute Gasteiger partial charge is 0.314 e. The molecule has 0 saturated heterocycles. The zero-order valence-electron chi connectivity index (χ0n) is 29.9. The van der Waals surface area contributed by atoms with Crippen molar-refractivity contribution >= 4 is 0 Å². The van der Waals surface area contributed by atoms with Gasteiger partial charge in [0.15, 0.2) is 0 Å². The Morgan fingerprint density at radius 3 is 2.35 bits per heavy atom. The molecule has 6 atom stereocenters. The summed E-state index contributed by atoms with van der Waals surface area (Å²) >= 11 is 0. The first kappa shape index (κ1) is 36.2. The van der Waals surface area contributed by atoms with Gasteiger partial charge in [0.05, 0.1) is 0 Å². The molecular weight excluding hydrogens is 591 g/mol. The summed E-state index contributed by atoms with van der Waals surface area (Å²) in [7, 11) is 0. The average molecular weight is 650 g/mol. The molecule has 256 valence electrons. The van der Waals surface area contributed by atoms with Gasteiger partial charge in [-0.2, -0.15) is 0 Å². The molecule has 0 amide bonds. The van der Waals surface area contributed by atoms with E-state index in [1.807, 2.05) is 18.2 Å². The van der Waals surface area contributed by atoms with Crippen molar-refractivity contribution in [3.63, 3.8) is 0 Å². The Morgan fingerprint density at radius 2 is 1.63 bits per heavy atom. The monoisotopic (exact) mass is 649 g/mol. The third-order valence-corrected chi connectivity index (χ3v) is 11.1. The number of hydrogen-bond acceptors (Lipinski definition) is 1. The Morgan fingerprint density at radius 1 is 0.816 bits per heavy atom. The van der Waals surface area contributed by atoms with Crippen molar-refractivity contribution in [2.24, 2.45) is 35.5 Å². The van der Waals surface area contributed by atoms with Crippen molar-refractivity contribution in [1.82, 2.24) is 4.90 Å². The Kier molecular flexibility index (Phi) is 13.7. The summed E-state index contributed by atoms with van der Waals surface area (Å²) in [5.74, 6) is 3.25. The van der Waals surface area contributed by atoms with E-state index in [-0.39, 0.29) is 5.92 Å². The van der Waals surface area contributed by atoms with Gasteiger partial charge in [-0.25, -0.2) is 0 Å². The van der Waals surface area contributed by atoms with Gasteiger partial charge in [-0.1, -0.05) is 116 Å². The van der Waals surface area contributed by atoms with Crippen molar-refractivity contribution in [3.8, 4) is 0 Å². The molecule has 5 rings (SSSR count). The highest BCUT2D eigenvalue weighted by molar-refractivity contribution is 5.48. The topological polar surface area (TPSA) is 3.24 Å². The van der Waals surface area contributed by atoms with Crippen molar-refractivity contribution in [2.45, 2.75) is 77.0 Å².